The third kappa shape index (κ3) is 4.38. The van der Waals surface area contributed by atoms with Gasteiger partial charge in [0.15, 0.2) is 11.7 Å². The van der Waals surface area contributed by atoms with Gasteiger partial charge in [0.05, 0.1) is 11.6 Å². The second-order valence-electron chi connectivity index (χ2n) is 3.57. The average molecular weight is 317 g/mol. The van der Waals surface area contributed by atoms with Crippen LogP contribution in [0.15, 0.2) is 29.6 Å². The lowest BCUT2D eigenvalue weighted by atomic mass is 10.3. The number of nitrogens with zero attached hydrogens (tertiary/aromatic N) is 1. The maximum atomic E-state index is 11.6. The van der Waals surface area contributed by atoms with Crippen LogP contribution in [0.25, 0.3) is 0 Å². The van der Waals surface area contributed by atoms with E-state index in [1.807, 2.05) is 0 Å². The Morgan fingerprint density at radius 3 is 2.74 bits per heavy atom. The lowest BCUT2D eigenvalue weighted by Crippen LogP contribution is -2.20. The summed E-state index contributed by atoms with van der Waals surface area (Å²) in [5.41, 5.74) is 0.737. The van der Waals surface area contributed by atoms with Gasteiger partial charge in [0.2, 0.25) is 0 Å². The number of nitrogens with one attached hydrogen (secondary N) is 1. The molecule has 0 aliphatic heterocycles. The van der Waals surface area contributed by atoms with E-state index in [1.54, 1.807) is 29.6 Å². The van der Waals surface area contributed by atoms with Crippen molar-refractivity contribution in [3.63, 3.8) is 0 Å². The molecule has 1 aromatic carbocycles. The van der Waals surface area contributed by atoms with Gasteiger partial charge in [-0.05, 0) is 24.3 Å². The number of thiazole rings is 1. The first-order chi connectivity index (χ1) is 9.17. The lowest BCUT2D eigenvalue weighted by Gasteiger charge is -2.05. The highest BCUT2D eigenvalue weighted by molar-refractivity contribution is 7.13. The molecule has 1 N–H and O–H groups in total. The average Bonchev–Trinajstić information content (AvgIpc) is 2.86. The Morgan fingerprint density at radius 1 is 1.37 bits per heavy atom. The molecule has 0 aliphatic rings. The van der Waals surface area contributed by atoms with Crippen LogP contribution < -0.4 is 10.1 Å². The van der Waals surface area contributed by atoms with E-state index in [0.29, 0.717) is 21.8 Å². The van der Waals surface area contributed by atoms with E-state index < -0.39 is 0 Å². The van der Waals surface area contributed by atoms with Crippen LogP contribution in [-0.4, -0.2) is 17.5 Å². The molecule has 1 heterocycles. The first-order valence-corrected chi connectivity index (χ1v) is 7.15. The van der Waals surface area contributed by atoms with Crippen molar-refractivity contribution in [3.05, 3.63) is 40.4 Å². The highest BCUT2D eigenvalue weighted by atomic mass is 35.5. The quantitative estimate of drug-likeness (QED) is 0.858. The van der Waals surface area contributed by atoms with Crippen molar-refractivity contribution in [2.24, 2.45) is 0 Å². The summed E-state index contributed by atoms with van der Waals surface area (Å²) in [5, 5.41) is 5.56. The van der Waals surface area contributed by atoms with Crippen molar-refractivity contribution in [2.45, 2.75) is 5.88 Å². The Kier molecular flexibility index (Phi) is 5.01. The SMILES string of the molecule is O=C(COc1ccc(Cl)cc1)Nc1nc(CCl)cs1. The fourth-order valence-corrected chi connectivity index (χ4v) is 2.34. The third-order valence-corrected chi connectivity index (χ3v) is 3.45. The third-order valence-electron chi connectivity index (χ3n) is 2.12. The number of halogens is 2. The summed E-state index contributed by atoms with van der Waals surface area (Å²) in [5.74, 6) is 0.638. The molecule has 0 bridgehead atoms. The molecule has 0 atom stereocenters. The predicted molar refractivity (Wildman–Crippen MR) is 77.2 cm³/mol. The molecule has 0 saturated heterocycles. The number of hydrogen-bond donors (Lipinski definition) is 1. The molecule has 1 amide bonds. The van der Waals surface area contributed by atoms with Crippen molar-refractivity contribution in [1.29, 1.82) is 0 Å². The van der Waals surface area contributed by atoms with E-state index >= 15 is 0 Å². The highest BCUT2D eigenvalue weighted by Crippen LogP contribution is 2.17. The number of carbonyl (C=O) groups is 1. The van der Waals surface area contributed by atoms with E-state index in [4.69, 9.17) is 27.9 Å². The molecule has 19 heavy (non-hydrogen) atoms. The molecular formula is C12H10Cl2N2O2S. The van der Waals surface area contributed by atoms with E-state index in [1.165, 1.54) is 11.3 Å². The van der Waals surface area contributed by atoms with Gasteiger partial charge in [-0.1, -0.05) is 11.6 Å². The van der Waals surface area contributed by atoms with Gasteiger partial charge in [-0.25, -0.2) is 4.98 Å². The fourth-order valence-electron chi connectivity index (χ4n) is 1.26. The largest absolute Gasteiger partial charge is 0.484 e. The molecule has 1 aromatic heterocycles. The molecule has 4 nitrogen and oxygen atoms in total. The van der Waals surface area contributed by atoms with Gasteiger partial charge < -0.3 is 4.74 Å². The number of hydrogen-bond acceptors (Lipinski definition) is 4. The maximum Gasteiger partial charge on any atom is 0.264 e. The van der Waals surface area contributed by atoms with Gasteiger partial charge in [0.1, 0.15) is 5.75 Å². The summed E-state index contributed by atoms with van der Waals surface area (Å²) in [6.45, 7) is -0.0859. The van der Waals surface area contributed by atoms with Crippen LogP contribution in [0.2, 0.25) is 5.02 Å². The maximum absolute atomic E-state index is 11.6. The van der Waals surface area contributed by atoms with Crippen LogP contribution >= 0.6 is 34.5 Å². The summed E-state index contributed by atoms with van der Waals surface area (Å²) in [7, 11) is 0. The summed E-state index contributed by atoms with van der Waals surface area (Å²) in [4.78, 5) is 15.7. The fraction of sp³-hybridized carbons (Fsp3) is 0.167. The van der Waals surface area contributed by atoms with Gasteiger partial charge in [-0.15, -0.1) is 22.9 Å². The molecular weight excluding hydrogens is 307 g/mol. The van der Waals surface area contributed by atoms with E-state index in [0.717, 1.165) is 5.69 Å². The summed E-state index contributed by atoms with van der Waals surface area (Å²) >= 11 is 12.7. The lowest BCUT2D eigenvalue weighted by molar-refractivity contribution is -0.118. The number of amides is 1. The van der Waals surface area contributed by atoms with Crippen LogP contribution in [0.4, 0.5) is 5.13 Å². The minimum atomic E-state index is -0.273. The molecule has 0 aliphatic carbocycles. The number of alkyl halides is 1. The standard InChI is InChI=1S/C12H10Cl2N2O2S/c13-5-9-7-19-12(15-9)16-11(17)6-18-10-3-1-8(14)2-4-10/h1-4,7H,5-6H2,(H,15,16,17). The Labute approximate surface area is 124 Å². The first kappa shape index (κ1) is 14.1. The molecule has 0 radical (unpaired) electrons. The monoisotopic (exact) mass is 316 g/mol. The number of benzene rings is 1. The molecule has 2 rings (SSSR count). The van der Waals surface area contributed by atoms with Crippen molar-refractivity contribution in [1.82, 2.24) is 4.98 Å². The molecule has 0 spiro atoms. The first-order valence-electron chi connectivity index (χ1n) is 5.36. The van der Waals surface area contributed by atoms with Crippen molar-refractivity contribution in [2.75, 3.05) is 11.9 Å². The van der Waals surface area contributed by atoms with Gasteiger partial charge >= 0.3 is 0 Å². The smallest absolute Gasteiger partial charge is 0.264 e. The van der Waals surface area contributed by atoms with Gasteiger partial charge in [0.25, 0.3) is 5.91 Å². The minimum absolute atomic E-state index is 0.0859. The number of aromatic nitrogens is 1. The second kappa shape index (κ2) is 6.75. The zero-order valence-corrected chi connectivity index (χ0v) is 12.1. The van der Waals surface area contributed by atoms with Crippen LogP contribution in [0.1, 0.15) is 5.69 Å². The number of anilines is 1. The van der Waals surface area contributed by atoms with Gasteiger partial charge in [-0.3, -0.25) is 10.1 Å². The molecule has 0 unspecified atom stereocenters. The zero-order chi connectivity index (χ0) is 13.7. The second-order valence-corrected chi connectivity index (χ2v) is 5.13. The summed E-state index contributed by atoms with van der Waals surface area (Å²) in [6.07, 6.45) is 0. The van der Waals surface area contributed by atoms with Crippen molar-refractivity contribution < 1.29 is 9.53 Å². The minimum Gasteiger partial charge on any atom is -0.484 e. The van der Waals surface area contributed by atoms with Crippen LogP contribution in [0.5, 0.6) is 5.75 Å². The Hall–Kier alpha value is -1.30. The normalized spacial score (nSPS) is 10.2. The number of ether oxygens (including phenoxy) is 1. The van der Waals surface area contributed by atoms with Crippen LogP contribution in [0.3, 0.4) is 0 Å². The van der Waals surface area contributed by atoms with Gasteiger partial charge in [-0.2, -0.15) is 0 Å². The van der Waals surface area contributed by atoms with E-state index in [-0.39, 0.29) is 12.5 Å². The Balaban J connectivity index is 1.82. The summed E-state index contributed by atoms with van der Waals surface area (Å²) < 4.78 is 5.31. The van der Waals surface area contributed by atoms with E-state index in [2.05, 4.69) is 10.3 Å². The van der Waals surface area contributed by atoms with Crippen molar-refractivity contribution in [3.8, 4) is 5.75 Å². The molecule has 7 heteroatoms. The molecule has 0 saturated carbocycles. The van der Waals surface area contributed by atoms with Gasteiger partial charge in [0, 0.05) is 10.4 Å². The van der Waals surface area contributed by atoms with Crippen LogP contribution in [-0.2, 0) is 10.7 Å². The number of carbonyl (C=O) groups excluding carboxylic acids is 1. The number of rotatable bonds is 5. The predicted octanol–water partition coefficient (Wildman–Crippen LogP) is 3.55. The topological polar surface area (TPSA) is 51.2 Å². The Bertz CT molecular complexity index is 557. The zero-order valence-electron chi connectivity index (χ0n) is 9.73. The highest BCUT2D eigenvalue weighted by Gasteiger charge is 2.07. The van der Waals surface area contributed by atoms with Crippen molar-refractivity contribution >= 4 is 45.6 Å². The molecule has 100 valence electrons. The molecule has 2 aromatic rings. The van der Waals surface area contributed by atoms with Crippen LogP contribution in [0, 0.1) is 0 Å². The summed E-state index contributed by atoms with van der Waals surface area (Å²) in [6, 6.07) is 6.79. The Morgan fingerprint density at radius 2 is 2.11 bits per heavy atom. The van der Waals surface area contributed by atoms with E-state index in [9.17, 15) is 4.79 Å². The molecule has 0 fully saturated rings.